The molecule has 5 nitrogen and oxygen atoms in total. The van der Waals surface area contributed by atoms with E-state index >= 15 is 0 Å². The van der Waals surface area contributed by atoms with Crippen molar-refractivity contribution in [2.75, 3.05) is 7.05 Å². The van der Waals surface area contributed by atoms with Crippen LogP contribution in [-0.2, 0) is 17.1 Å². The molecule has 0 aliphatic heterocycles. The van der Waals surface area contributed by atoms with Gasteiger partial charge in [-0.25, -0.2) is 12.8 Å². The summed E-state index contributed by atoms with van der Waals surface area (Å²) in [6, 6.07) is 2.24. The molecular weight excluding hydrogens is 400 g/mol. The molecule has 0 aliphatic rings. The predicted molar refractivity (Wildman–Crippen MR) is 86.8 cm³/mol. The number of halogens is 5. The maximum absolute atomic E-state index is 14.0. The molecule has 0 spiro atoms. The molecule has 0 fully saturated rings. The molecule has 2 aromatic rings. The lowest BCUT2D eigenvalue weighted by atomic mass is 10.1. The van der Waals surface area contributed by atoms with Crippen LogP contribution in [0.1, 0.15) is 11.6 Å². The topological polar surface area (TPSA) is 59.4 Å². The second-order valence-corrected chi connectivity index (χ2v) is 7.85. The molecule has 0 amide bonds. The van der Waals surface area contributed by atoms with Gasteiger partial charge in [0.05, 0.1) is 0 Å². The van der Waals surface area contributed by atoms with Gasteiger partial charge in [0, 0.05) is 31.4 Å². The summed E-state index contributed by atoms with van der Waals surface area (Å²) < 4.78 is 80.5. The number of hydrogen-bond donors (Lipinski definition) is 0. The molecule has 26 heavy (non-hydrogen) atoms. The van der Waals surface area contributed by atoms with Crippen LogP contribution in [-0.4, -0.2) is 30.5 Å². The Morgan fingerprint density at radius 2 is 1.73 bits per heavy atom. The summed E-state index contributed by atoms with van der Waals surface area (Å²) in [6.07, 6.45) is -4.40. The predicted octanol–water partition coefficient (Wildman–Crippen LogP) is 3.10. The molecule has 0 saturated carbocycles. The molecule has 0 aliphatic carbocycles. The fourth-order valence-corrected chi connectivity index (χ4v) is 3.83. The standard InChI is InChI=1S/C15H13ClF4N2O3S/c1-21-8-11(17)12(7-13(21)23)26(24,25)22(2)14(15(18,19)20)9-3-5-10(16)6-4-9/h3-8,14H,1-2H3. The van der Waals surface area contributed by atoms with Gasteiger partial charge in [-0.15, -0.1) is 0 Å². The van der Waals surface area contributed by atoms with Gasteiger partial charge in [0.1, 0.15) is 10.9 Å². The second kappa shape index (κ2) is 7.01. The maximum Gasteiger partial charge on any atom is 0.409 e. The van der Waals surface area contributed by atoms with Gasteiger partial charge in [-0.05, 0) is 17.7 Å². The highest BCUT2D eigenvalue weighted by molar-refractivity contribution is 7.89. The molecule has 1 heterocycles. The van der Waals surface area contributed by atoms with Crippen molar-refractivity contribution in [3.8, 4) is 0 Å². The molecule has 0 N–H and O–H groups in total. The lowest BCUT2D eigenvalue weighted by Gasteiger charge is -2.29. The molecule has 11 heteroatoms. The summed E-state index contributed by atoms with van der Waals surface area (Å²) in [5.74, 6) is -1.34. The maximum atomic E-state index is 14.0. The quantitative estimate of drug-likeness (QED) is 0.725. The van der Waals surface area contributed by atoms with Crippen molar-refractivity contribution in [3.05, 3.63) is 63.3 Å². The van der Waals surface area contributed by atoms with Crippen molar-refractivity contribution in [2.45, 2.75) is 17.1 Å². The molecule has 0 bridgehead atoms. The van der Waals surface area contributed by atoms with Crippen LogP contribution in [0.5, 0.6) is 0 Å². The minimum absolute atomic E-state index is 0.0198. The van der Waals surface area contributed by atoms with E-state index in [1.165, 1.54) is 19.2 Å². The number of aromatic nitrogens is 1. The molecule has 1 atom stereocenters. The Morgan fingerprint density at radius 1 is 1.19 bits per heavy atom. The van der Waals surface area contributed by atoms with Gasteiger partial charge in [-0.2, -0.15) is 17.5 Å². The van der Waals surface area contributed by atoms with Gasteiger partial charge in [0.15, 0.2) is 5.82 Å². The van der Waals surface area contributed by atoms with E-state index in [1.807, 2.05) is 0 Å². The normalized spacial score (nSPS) is 13.8. The summed E-state index contributed by atoms with van der Waals surface area (Å²) in [7, 11) is -3.11. The van der Waals surface area contributed by atoms with Gasteiger partial charge >= 0.3 is 6.18 Å². The summed E-state index contributed by atoms with van der Waals surface area (Å²) in [4.78, 5) is 10.5. The summed E-state index contributed by atoms with van der Waals surface area (Å²) in [5.41, 5.74) is -1.29. The van der Waals surface area contributed by atoms with E-state index < -0.39 is 44.1 Å². The average molecular weight is 413 g/mol. The number of benzene rings is 1. The van der Waals surface area contributed by atoms with Gasteiger partial charge in [0.25, 0.3) is 5.56 Å². The van der Waals surface area contributed by atoms with E-state index in [2.05, 4.69) is 0 Å². The first-order chi connectivity index (χ1) is 11.9. The third kappa shape index (κ3) is 3.92. The Balaban J connectivity index is 2.61. The van der Waals surface area contributed by atoms with Gasteiger partial charge in [-0.3, -0.25) is 4.79 Å². The molecule has 1 aromatic carbocycles. The van der Waals surface area contributed by atoms with Crippen LogP contribution >= 0.6 is 11.6 Å². The fraction of sp³-hybridized carbons (Fsp3) is 0.267. The van der Waals surface area contributed by atoms with Crippen LogP contribution in [0.15, 0.2) is 46.2 Å². The highest BCUT2D eigenvalue weighted by Crippen LogP contribution is 2.40. The van der Waals surface area contributed by atoms with E-state index in [0.29, 0.717) is 19.3 Å². The third-order valence-corrected chi connectivity index (χ3v) is 5.75. The van der Waals surface area contributed by atoms with Crippen molar-refractivity contribution in [1.82, 2.24) is 8.87 Å². The zero-order chi connectivity index (χ0) is 19.9. The zero-order valence-corrected chi connectivity index (χ0v) is 15.0. The number of pyridine rings is 1. The Bertz CT molecular complexity index is 972. The third-order valence-electron chi connectivity index (χ3n) is 3.66. The van der Waals surface area contributed by atoms with Gasteiger partial charge < -0.3 is 4.57 Å². The van der Waals surface area contributed by atoms with E-state index in [-0.39, 0.29) is 9.33 Å². The lowest BCUT2D eigenvalue weighted by Crippen LogP contribution is -2.40. The van der Waals surface area contributed by atoms with Crippen molar-refractivity contribution in [3.63, 3.8) is 0 Å². The van der Waals surface area contributed by atoms with E-state index in [4.69, 9.17) is 11.6 Å². The minimum Gasteiger partial charge on any atom is -0.316 e. The summed E-state index contributed by atoms with van der Waals surface area (Å²) in [5, 5.41) is 0.165. The smallest absolute Gasteiger partial charge is 0.316 e. The van der Waals surface area contributed by atoms with Gasteiger partial charge in [0.2, 0.25) is 10.0 Å². The number of hydrogen-bond acceptors (Lipinski definition) is 3. The highest BCUT2D eigenvalue weighted by Gasteiger charge is 2.48. The first kappa shape index (κ1) is 20.4. The molecule has 0 saturated heterocycles. The second-order valence-electron chi connectivity index (χ2n) is 5.45. The Hall–Kier alpha value is -1.91. The number of sulfonamides is 1. The van der Waals surface area contributed by atoms with Crippen LogP contribution < -0.4 is 5.56 Å². The fourth-order valence-electron chi connectivity index (χ4n) is 2.32. The molecule has 1 aromatic heterocycles. The van der Waals surface area contributed by atoms with Gasteiger partial charge in [-0.1, -0.05) is 23.7 Å². The minimum atomic E-state index is -4.99. The SMILES string of the molecule is CN(C(c1ccc(Cl)cc1)C(F)(F)F)S(=O)(=O)c1cc(=O)n(C)cc1F. The number of aryl methyl sites for hydroxylation is 1. The largest absolute Gasteiger partial charge is 0.409 e. The van der Waals surface area contributed by atoms with E-state index in [9.17, 15) is 30.8 Å². The van der Waals surface area contributed by atoms with Crippen molar-refractivity contribution in [2.24, 2.45) is 7.05 Å². The monoisotopic (exact) mass is 412 g/mol. The van der Waals surface area contributed by atoms with E-state index in [0.717, 1.165) is 16.7 Å². The number of rotatable bonds is 4. The number of alkyl halides is 3. The number of nitrogens with zero attached hydrogens (tertiary/aromatic N) is 2. The van der Waals surface area contributed by atoms with Crippen LogP contribution in [0.3, 0.4) is 0 Å². The molecule has 0 radical (unpaired) electrons. The van der Waals surface area contributed by atoms with Crippen molar-refractivity contribution >= 4 is 21.6 Å². The first-order valence-electron chi connectivity index (χ1n) is 7.02. The Kier molecular flexibility index (Phi) is 5.50. The molecule has 142 valence electrons. The summed E-state index contributed by atoms with van der Waals surface area (Å²) in [6.45, 7) is 0. The van der Waals surface area contributed by atoms with Crippen molar-refractivity contribution in [1.29, 1.82) is 0 Å². The van der Waals surface area contributed by atoms with Crippen LogP contribution in [0.25, 0.3) is 0 Å². The van der Waals surface area contributed by atoms with E-state index in [1.54, 1.807) is 0 Å². The Morgan fingerprint density at radius 3 is 2.23 bits per heavy atom. The van der Waals surface area contributed by atoms with Crippen LogP contribution in [0.4, 0.5) is 17.6 Å². The zero-order valence-electron chi connectivity index (χ0n) is 13.5. The van der Waals surface area contributed by atoms with Crippen LogP contribution in [0.2, 0.25) is 5.02 Å². The van der Waals surface area contributed by atoms with Crippen molar-refractivity contribution < 1.29 is 26.0 Å². The highest BCUT2D eigenvalue weighted by atomic mass is 35.5. The lowest BCUT2D eigenvalue weighted by molar-refractivity contribution is -0.171. The molecule has 1 unspecified atom stereocenters. The molecule has 2 rings (SSSR count). The summed E-state index contributed by atoms with van der Waals surface area (Å²) >= 11 is 5.65. The average Bonchev–Trinajstić information content (AvgIpc) is 2.51. The van der Waals surface area contributed by atoms with Crippen LogP contribution in [0, 0.1) is 5.82 Å². The Labute approximate surface area is 151 Å². The molecular formula is C15H13ClF4N2O3S. The first-order valence-corrected chi connectivity index (χ1v) is 8.84.